The molecule has 0 N–H and O–H groups in total. The van der Waals surface area contributed by atoms with E-state index in [0.29, 0.717) is 5.75 Å². The first-order chi connectivity index (χ1) is 11.4. The van der Waals surface area contributed by atoms with Crippen LogP contribution in [0.1, 0.15) is 15.9 Å². The minimum Gasteiger partial charge on any atom is -0.497 e. The molecule has 2 aromatic carbocycles. The van der Waals surface area contributed by atoms with Gasteiger partial charge in [0.15, 0.2) is 5.75 Å². The fraction of sp³-hybridized carbons (Fsp3) is 0.125. The van der Waals surface area contributed by atoms with Crippen LogP contribution >= 0.6 is 0 Å². The van der Waals surface area contributed by atoms with Crippen molar-refractivity contribution in [1.29, 1.82) is 5.26 Å². The van der Waals surface area contributed by atoms with E-state index in [-0.39, 0.29) is 21.8 Å². The minimum absolute atomic E-state index is 0.0710. The van der Waals surface area contributed by atoms with Crippen molar-refractivity contribution in [2.45, 2.75) is 4.90 Å². The quantitative estimate of drug-likeness (QED) is 0.603. The number of rotatable bonds is 5. The molecule has 8 heteroatoms. The molecule has 24 heavy (non-hydrogen) atoms. The van der Waals surface area contributed by atoms with Crippen molar-refractivity contribution >= 4 is 16.1 Å². The van der Waals surface area contributed by atoms with E-state index in [1.54, 1.807) is 0 Å². The molecule has 0 spiro atoms. The highest BCUT2D eigenvalue weighted by molar-refractivity contribution is 7.87. The third-order valence-corrected chi connectivity index (χ3v) is 4.28. The number of hydrogen-bond acceptors (Lipinski definition) is 7. The summed E-state index contributed by atoms with van der Waals surface area (Å²) in [7, 11) is -1.69. The second-order valence-electron chi connectivity index (χ2n) is 4.53. The normalized spacial score (nSPS) is 10.5. The van der Waals surface area contributed by atoms with Crippen LogP contribution in [-0.4, -0.2) is 28.6 Å². The summed E-state index contributed by atoms with van der Waals surface area (Å²) < 4.78 is 39.5. The highest BCUT2D eigenvalue weighted by Gasteiger charge is 2.22. The van der Waals surface area contributed by atoms with Crippen molar-refractivity contribution in [3.8, 4) is 17.6 Å². The zero-order valence-corrected chi connectivity index (χ0v) is 13.7. The van der Waals surface area contributed by atoms with Gasteiger partial charge in [-0.2, -0.15) is 13.7 Å². The number of benzene rings is 2. The maximum atomic E-state index is 12.4. The van der Waals surface area contributed by atoms with Gasteiger partial charge in [-0.15, -0.1) is 0 Å². The molecule has 0 radical (unpaired) electrons. The van der Waals surface area contributed by atoms with E-state index in [9.17, 15) is 13.2 Å². The molecule has 0 aromatic heterocycles. The Kier molecular flexibility index (Phi) is 5.06. The molecule has 0 bridgehead atoms. The number of esters is 1. The first kappa shape index (κ1) is 17.3. The van der Waals surface area contributed by atoms with E-state index in [1.165, 1.54) is 56.7 Å². The van der Waals surface area contributed by atoms with Gasteiger partial charge in [-0.1, -0.05) is 6.07 Å². The Labute approximate surface area is 139 Å². The summed E-state index contributed by atoms with van der Waals surface area (Å²) in [4.78, 5) is 11.6. The van der Waals surface area contributed by atoms with Crippen molar-refractivity contribution in [2.75, 3.05) is 14.2 Å². The lowest BCUT2D eigenvalue weighted by molar-refractivity contribution is 0.0599. The molecule has 7 nitrogen and oxygen atoms in total. The highest BCUT2D eigenvalue weighted by atomic mass is 32.2. The van der Waals surface area contributed by atoms with Crippen LogP contribution in [0, 0.1) is 11.3 Å². The molecule has 0 aliphatic heterocycles. The van der Waals surface area contributed by atoms with E-state index < -0.39 is 16.1 Å². The fourth-order valence-corrected chi connectivity index (χ4v) is 2.85. The topological polar surface area (TPSA) is 103 Å². The van der Waals surface area contributed by atoms with Crippen LogP contribution in [0.25, 0.3) is 0 Å². The SMILES string of the molecule is COC(=O)c1ccc(OC)cc1OS(=O)(=O)c1cccc(C#N)c1. The number of methoxy groups -OCH3 is 2. The highest BCUT2D eigenvalue weighted by Crippen LogP contribution is 2.28. The van der Waals surface area contributed by atoms with Gasteiger partial charge in [-0.3, -0.25) is 0 Å². The molecule has 0 fully saturated rings. The van der Waals surface area contributed by atoms with Crippen LogP contribution in [0.15, 0.2) is 47.4 Å². The fourth-order valence-electron chi connectivity index (χ4n) is 1.86. The first-order valence-electron chi connectivity index (χ1n) is 6.62. The van der Waals surface area contributed by atoms with Gasteiger partial charge >= 0.3 is 16.1 Å². The Balaban J connectivity index is 2.48. The average Bonchev–Trinajstić information content (AvgIpc) is 2.60. The molecule has 0 saturated carbocycles. The van der Waals surface area contributed by atoms with Gasteiger partial charge in [0.2, 0.25) is 0 Å². The number of nitrogens with zero attached hydrogens (tertiary/aromatic N) is 1. The predicted molar refractivity (Wildman–Crippen MR) is 83.3 cm³/mol. The lowest BCUT2D eigenvalue weighted by Crippen LogP contribution is -2.13. The lowest BCUT2D eigenvalue weighted by Gasteiger charge is -2.12. The maximum absolute atomic E-state index is 12.4. The van der Waals surface area contributed by atoms with Crippen molar-refractivity contribution < 1.29 is 26.9 Å². The van der Waals surface area contributed by atoms with Crippen LogP contribution in [0.2, 0.25) is 0 Å². The van der Waals surface area contributed by atoms with Gasteiger partial charge in [0.25, 0.3) is 0 Å². The Hall–Kier alpha value is -3.05. The number of ether oxygens (including phenoxy) is 2. The number of hydrogen-bond donors (Lipinski definition) is 0. The Morgan fingerprint density at radius 2 is 1.88 bits per heavy atom. The molecule has 2 aromatic rings. The molecule has 0 aliphatic carbocycles. The summed E-state index contributed by atoms with van der Waals surface area (Å²) in [5.74, 6) is -0.684. The van der Waals surface area contributed by atoms with Gasteiger partial charge in [-0.05, 0) is 30.3 Å². The molecule has 0 unspecified atom stereocenters. The summed E-state index contributed by atoms with van der Waals surface area (Å²) >= 11 is 0. The number of carbonyl (C=O) groups is 1. The molecule has 124 valence electrons. The molecule has 0 saturated heterocycles. The second-order valence-corrected chi connectivity index (χ2v) is 6.08. The van der Waals surface area contributed by atoms with Crippen LogP contribution in [-0.2, 0) is 14.9 Å². The lowest BCUT2D eigenvalue weighted by atomic mass is 10.2. The zero-order chi connectivity index (χ0) is 17.7. The molecular weight excluding hydrogens is 334 g/mol. The smallest absolute Gasteiger partial charge is 0.341 e. The third-order valence-electron chi connectivity index (χ3n) is 3.05. The van der Waals surface area contributed by atoms with Gasteiger partial charge < -0.3 is 13.7 Å². The summed E-state index contributed by atoms with van der Waals surface area (Å²) in [5.41, 5.74) is 0.0943. The second kappa shape index (κ2) is 7.02. The van der Waals surface area contributed by atoms with Crippen LogP contribution < -0.4 is 8.92 Å². The van der Waals surface area contributed by atoms with E-state index >= 15 is 0 Å². The zero-order valence-electron chi connectivity index (χ0n) is 12.8. The van der Waals surface area contributed by atoms with Crippen LogP contribution in [0.4, 0.5) is 0 Å². The van der Waals surface area contributed by atoms with E-state index in [0.717, 1.165) is 0 Å². The Morgan fingerprint density at radius 3 is 2.50 bits per heavy atom. The van der Waals surface area contributed by atoms with Crippen molar-refractivity contribution in [2.24, 2.45) is 0 Å². The van der Waals surface area contributed by atoms with E-state index in [4.69, 9.17) is 14.2 Å². The van der Waals surface area contributed by atoms with Crippen molar-refractivity contribution in [1.82, 2.24) is 0 Å². The molecule has 0 heterocycles. The van der Waals surface area contributed by atoms with Crippen molar-refractivity contribution in [3.05, 3.63) is 53.6 Å². The first-order valence-corrected chi connectivity index (χ1v) is 8.03. The summed E-state index contributed by atoms with van der Waals surface area (Å²) in [5, 5.41) is 8.87. The van der Waals surface area contributed by atoms with Crippen molar-refractivity contribution in [3.63, 3.8) is 0 Å². The largest absolute Gasteiger partial charge is 0.497 e. The third kappa shape index (κ3) is 3.64. The summed E-state index contributed by atoms with van der Waals surface area (Å²) in [6, 6.07) is 11.3. The monoisotopic (exact) mass is 347 g/mol. The van der Waals surface area contributed by atoms with Gasteiger partial charge in [-0.25, -0.2) is 4.79 Å². The average molecular weight is 347 g/mol. The number of carbonyl (C=O) groups excluding carboxylic acids is 1. The van der Waals surface area contributed by atoms with Crippen LogP contribution in [0.3, 0.4) is 0 Å². The summed E-state index contributed by atoms with van der Waals surface area (Å²) in [6.45, 7) is 0. The standard InChI is InChI=1S/C16H13NO6S/c1-21-12-6-7-14(16(18)22-2)15(9-12)23-24(19,20)13-5-3-4-11(8-13)10-17/h3-9H,1-2H3. The van der Waals surface area contributed by atoms with Gasteiger partial charge in [0, 0.05) is 6.07 Å². The van der Waals surface area contributed by atoms with Gasteiger partial charge in [0.1, 0.15) is 16.2 Å². The Morgan fingerprint density at radius 1 is 1.12 bits per heavy atom. The van der Waals surface area contributed by atoms with Crippen LogP contribution in [0.5, 0.6) is 11.5 Å². The summed E-state index contributed by atoms with van der Waals surface area (Å²) in [6.07, 6.45) is 0. The molecule has 0 atom stereocenters. The molecule has 0 aliphatic rings. The molecular formula is C16H13NO6S. The van der Waals surface area contributed by atoms with Gasteiger partial charge in [0.05, 0.1) is 25.9 Å². The van der Waals surface area contributed by atoms with E-state index in [2.05, 4.69) is 4.74 Å². The van der Waals surface area contributed by atoms with E-state index in [1.807, 2.05) is 6.07 Å². The molecule has 2 rings (SSSR count). The molecule has 0 amide bonds. The maximum Gasteiger partial charge on any atom is 0.341 e. The Bertz CT molecular complexity index is 914. The minimum atomic E-state index is -4.25. The predicted octanol–water partition coefficient (Wildman–Crippen LogP) is 2.12. The number of nitriles is 1.